The highest BCUT2D eigenvalue weighted by molar-refractivity contribution is 6.05. The Morgan fingerprint density at radius 1 is 0.800 bits per heavy atom. The lowest BCUT2D eigenvalue weighted by molar-refractivity contribution is -0.138. The van der Waals surface area contributed by atoms with E-state index in [0.29, 0.717) is 23.8 Å². The molecular formula is C25H18F7NO2. The summed E-state index contributed by atoms with van der Waals surface area (Å²) in [7, 11) is 0. The van der Waals surface area contributed by atoms with Crippen LogP contribution in [0.25, 0.3) is 0 Å². The fourth-order valence-electron chi connectivity index (χ4n) is 3.45. The average Bonchev–Trinajstić information content (AvgIpc) is 2.73. The largest absolute Gasteiger partial charge is 0.418 e. The minimum Gasteiger partial charge on any atom is -0.321 e. The molecule has 0 aliphatic carbocycles. The van der Waals surface area contributed by atoms with E-state index >= 15 is 0 Å². The third-order valence-electron chi connectivity index (χ3n) is 5.06. The van der Waals surface area contributed by atoms with Gasteiger partial charge in [0.1, 0.15) is 11.6 Å². The molecule has 3 rings (SSSR count). The Morgan fingerprint density at radius 2 is 1.46 bits per heavy atom. The molecule has 0 bridgehead atoms. The van der Waals surface area contributed by atoms with Gasteiger partial charge in [-0.1, -0.05) is 35.9 Å². The lowest BCUT2D eigenvalue weighted by Gasteiger charge is -2.16. The average molecular weight is 497 g/mol. The number of rotatable bonds is 6. The minimum absolute atomic E-state index is 0.0103. The maximum atomic E-state index is 14.0. The van der Waals surface area contributed by atoms with E-state index < -0.39 is 46.5 Å². The van der Waals surface area contributed by atoms with Crippen molar-refractivity contribution in [3.05, 3.63) is 99.9 Å². The molecule has 3 aromatic carbocycles. The van der Waals surface area contributed by atoms with Crippen LogP contribution in [-0.4, -0.2) is 11.7 Å². The summed E-state index contributed by atoms with van der Waals surface area (Å²) < 4.78 is 93.6. The Kier molecular flexibility index (Phi) is 7.33. The zero-order chi connectivity index (χ0) is 26.0. The van der Waals surface area contributed by atoms with Gasteiger partial charge in [-0.3, -0.25) is 9.59 Å². The molecule has 1 amide bonds. The molecule has 184 valence electrons. The molecule has 0 spiro atoms. The van der Waals surface area contributed by atoms with Gasteiger partial charge in [-0.05, 0) is 48.4 Å². The number of carbonyl (C=O) groups is 2. The van der Waals surface area contributed by atoms with Crippen molar-refractivity contribution in [2.75, 3.05) is 5.32 Å². The summed E-state index contributed by atoms with van der Waals surface area (Å²) in [5, 5.41) is 1.83. The maximum Gasteiger partial charge on any atom is 0.418 e. The Bertz CT molecular complexity index is 1260. The van der Waals surface area contributed by atoms with Crippen LogP contribution in [0.1, 0.15) is 38.2 Å². The van der Waals surface area contributed by atoms with Crippen molar-refractivity contribution >= 4 is 17.4 Å². The van der Waals surface area contributed by atoms with Crippen LogP contribution in [0.5, 0.6) is 0 Å². The first-order chi connectivity index (χ1) is 16.2. The molecule has 0 atom stereocenters. The molecule has 0 aromatic heterocycles. The number of Topliss-reactive ketones (excluding diaryl/α,β-unsaturated/α-hetero) is 1. The third-order valence-corrected chi connectivity index (χ3v) is 5.06. The number of alkyl halides is 6. The molecule has 0 heterocycles. The van der Waals surface area contributed by atoms with Crippen LogP contribution in [0.2, 0.25) is 0 Å². The Morgan fingerprint density at radius 3 is 2.06 bits per heavy atom. The predicted octanol–water partition coefficient (Wildman–Crippen LogP) is 6.78. The first kappa shape index (κ1) is 25.9. The fourth-order valence-corrected chi connectivity index (χ4v) is 3.45. The van der Waals surface area contributed by atoms with E-state index in [1.807, 2.05) is 18.3 Å². The molecule has 0 fully saturated rings. The van der Waals surface area contributed by atoms with Gasteiger partial charge in [0.2, 0.25) is 0 Å². The van der Waals surface area contributed by atoms with Crippen molar-refractivity contribution in [1.82, 2.24) is 0 Å². The molecule has 0 aliphatic heterocycles. The van der Waals surface area contributed by atoms with E-state index in [-0.39, 0.29) is 30.3 Å². The van der Waals surface area contributed by atoms with Crippen LogP contribution in [0.3, 0.4) is 0 Å². The van der Waals surface area contributed by atoms with Gasteiger partial charge in [-0.15, -0.1) is 0 Å². The number of ketones is 1. The molecule has 10 heteroatoms. The lowest BCUT2D eigenvalue weighted by atomic mass is 9.99. The number of nitrogens with one attached hydrogen (secondary N) is 1. The smallest absolute Gasteiger partial charge is 0.321 e. The summed E-state index contributed by atoms with van der Waals surface area (Å²) in [6.45, 7) is 1.84. The van der Waals surface area contributed by atoms with Gasteiger partial charge >= 0.3 is 12.4 Å². The number of hydrogen-bond acceptors (Lipinski definition) is 2. The lowest BCUT2D eigenvalue weighted by Crippen LogP contribution is -2.19. The highest BCUT2D eigenvalue weighted by atomic mass is 19.4. The molecule has 0 saturated heterocycles. The second kappa shape index (κ2) is 9.89. The summed E-state index contributed by atoms with van der Waals surface area (Å²) >= 11 is 0. The van der Waals surface area contributed by atoms with Gasteiger partial charge in [-0.25, -0.2) is 4.39 Å². The minimum atomic E-state index is -4.97. The Hall–Kier alpha value is -3.69. The highest BCUT2D eigenvalue weighted by Crippen LogP contribution is 2.36. The standard InChI is InChI=1S/C25H18F7NO2/c1-14-3-2-4-15(9-14)10-18(34)11-16-5-8-22(20(12-16)25(30,31)32)33-23(35)19-13-17(24(27,28)29)6-7-21(19)26/h2-9,12-13H,10-11H2,1H3,(H,33,35). The summed E-state index contributed by atoms with van der Waals surface area (Å²) in [4.78, 5) is 24.7. The van der Waals surface area contributed by atoms with Crippen LogP contribution in [0.15, 0.2) is 60.7 Å². The van der Waals surface area contributed by atoms with Crippen LogP contribution in [-0.2, 0) is 30.0 Å². The molecule has 3 nitrogen and oxygen atoms in total. The van der Waals surface area contributed by atoms with Gasteiger partial charge in [-0.2, -0.15) is 26.3 Å². The van der Waals surface area contributed by atoms with E-state index in [1.54, 1.807) is 18.2 Å². The summed E-state index contributed by atoms with van der Waals surface area (Å²) in [5.74, 6) is -3.16. The Labute approximate surface area is 195 Å². The van der Waals surface area contributed by atoms with Crippen molar-refractivity contribution < 1.29 is 40.3 Å². The monoisotopic (exact) mass is 497 g/mol. The normalized spacial score (nSPS) is 11.9. The molecule has 1 N–H and O–H groups in total. The molecular weight excluding hydrogens is 479 g/mol. The number of carbonyl (C=O) groups excluding carboxylic acids is 2. The molecule has 35 heavy (non-hydrogen) atoms. The van der Waals surface area contributed by atoms with Crippen LogP contribution < -0.4 is 5.32 Å². The van der Waals surface area contributed by atoms with E-state index in [1.165, 1.54) is 6.07 Å². The van der Waals surface area contributed by atoms with E-state index in [9.17, 15) is 40.3 Å². The molecule has 0 unspecified atom stereocenters. The quantitative estimate of drug-likeness (QED) is 0.382. The number of amides is 1. The van der Waals surface area contributed by atoms with Gasteiger partial charge in [0.25, 0.3) is 5.91 Å². The first-order valence-corrected chi connectivity index (χ1v) is 10.2. The summed E-state index contributed by atoms with van der Waals surface area (Å²) in [5.41, 5.74) is -2.84. The van der Waals surface area contributed by atoms with E-state index in [0.717, 1.165) is 11.6 Å². The van der Waals surface area contributed by atoms with Gasteiger partial charge in [0.05, 0.1) is 22.4 Å². The molecule has 0 saturated carbocycles. The van der Waals surface area contributed by atoms with Crippen LogP contribution >= 0.6 is 0 Å². The number of aryl methyl sites for hydroxylation is 1. The first-order valence-electron chi connectivity index (χ1n) is 10.2. The second-order valence-corrected chi connectivity index (χ2v) is 7.91. The van der Waals surface area contributed by atoms with Crippen molar-refractivity contribution in [3.63, 3.8) is 0 Å². The van der Waals surface area contributed by atoms with Crippen molar-refractivity contribution in [1.29, 1.82) is 0 Å². The molecule has 0 aliphatic rings. The summed E-state index contributed by atoms with van der Waals surface area (Å²) in [6, 6.07) is 10.9. The number of hydrogen-bond donors (Lipinski definition) is 1. The SMILES string of the molecule is Cc1cccc(CC(=O)Cc2ccc(NC(=O)c3cc(C(F)(F)F)ccc3F)c(C(F)(F)F)c2)c1. The second-order valence-electron chi connectivity index (χ2n) is 7.91. The van der Waals surface area contributed by atoms with Crippen molar-refractivity contribution in [2.45, 2.75) is 32.1 Å². The van der Waals surface area contributed by atoms with E-state index in [4.69, 9.17) is 0 Å². The van der Waals surface area contributed by atoms with Gasteiger partial charge in [0, 0.05) is 12.8 Å². The topological polar surface area (TPSA) is 46.2 Å². The molecule has 3 aromatic rings. The van der Waals surface area contributed by atoms with Crippen molar-refractivity contribution in [2.24, 2.45) is 0 Å². The highest BCUT2D eigenvalue weighted by Gasteiger charge is 2.35. The van der Waals surface area contributed by atoms with E-state index in [2.05, 4.69) is 0 Å². The number of halogens is 7. The predicted molar refractivity (Wildman–Crippen MR) is 114 cm³/mol. The zero-order valence-electron chi connectivity index (χ0n) is 18.1. The third kappa shape index (κ3) is 6.68. The Balaban J connectivity index is 1.84. The van der Waals surface area contributed by atoms with Gasteiger partial charge in [0.15, 0.2) is 0 Å². The number of anilines is 1. The summed E-state index contributed by atoms with van der Waals surface area (Å²) in [6.07, 6.45) is -10.2. The van der Waals surface area contributed by atoms with Gasteiger partial charge < -0.3 is 5.32 Å². The zero-order valence-corrected chi connectivity index (χ0v) is 18.1. The number of benzene rings is 3. The maximum absolute atomic E-state index is 14.0. The molecule has 0 radical (unpaired) electrons. The van der Waals surface area contributed by atoms with Crippen LogP contribution in [0.4, 0.5) is 36.4 Å². The van der Waals surface area contributed by atoms with Crippen molar-refractivity contribution in [3.8, 4) is 0 Å². The fraction of sp³-hybridized carbons (Fsp3) is 0.200. The van der Waals surface area contributed by atoms with Crippen LogP contribution in [0, 0.1) is 12.7 Å².